The molecule has 0 N–H and O–H groups in total. The average Bonchev–Trinajstić information content (AvgIpc) is 2.90. The molecule has 1 amide bonds. The number of halogens is 1. The zero-order chi connectivity index (χ0) is 13.8. The largest absolute Gasteiger partial charge is 0.496 e. The molecule has 2 aromatic rings. The van der Waals surface area contributed by atoms with Gasteiger partial charge in [0.15, 0.2) is 0 Å². The zero-order valence-electron chi connectivity index (χ0n) is 10.7. The number of amides is 1. The topological polar surface area (TPSA) is 29.5 Å². The Labute approximate surface area is 124 Å². The third kappa shape index (κ3) is 3.36. The molecule has 100 valence electrons. The van der Waals surface area contributed by atoms with Crippen LogP contribution in [-0.4, -0.2) is 25.0 Å². The average molecular weight is 340 g/mol. The van der Waals surface area contributed by atoms with E-state index in [1.54, 1.807) is 42.5 Å². The van der Waals surface area contributed by atoms with Crippen molar-refractivity contribution < 1.29 is 9.53 Å². The normalized spacial score (nSPS) is 10.3. The number of carbonyl (C=O) groups is 1. The van der Waals surface area contributed by atoms with Crippen molar-refractivity contribution in [3.63, 3.8) is 0 Å². The van der Waals surface area contributed by atoms with E-state index in [4.69, 9.17) is 4.74 Å². The maximum Gasteiger partial charge on any atom is 0.257 e. The SMILES string of the molecule is COc1cc(Br)ccc1C(=O)N(C)Cc1cccs1. The van der Waals surface area contributed by atoms with Crippen LogP contribution in [0, 0.1) is 0 Å². The first kappa shape index (κ1) is 14.1. The van der Waals surface area contributed by atoms with Gasteiger partial charge in [0.1, 0.15) is 5.75 Å². The summed E-state index contributed by atoms with van der Waals surface area (Å²) in [4.78, 5) is 15.2. The predicted octanol–water partition coefficient (Wildman–Crippen LogP) is 3.79. The van der Waals surface area contributed by atoms with E-state index in [0.29, 0.717) is 17.9 Å². The molecule has 19 heavy (non-hydrogen) atoms. The summed E-state index contributed by atoms with van der Waals surface area (Å²) in [6.07, 6.45) is 0. The molecule has 0 aliphatic carbocycles. The van der Waals surface area contributed by atoms with Gasteiger partial charge in [-0.15, -0.1) is 11.3 Å². The van der Waals surface area contributed by atoms with Gasteiger partial charge < -0.3 is 9.64 Å². The molecule has 0 spiro atoms. The van der Waals surface area contributed by atoms with Gasteiger partial charge in [0, 0.05) is 16.4 Å². The molecular weight excluding hydrogens is 326 g/mol. The molecule has 2 rings (SSSR count). The number of hydrogen-bond acceptors (Lipinski definition) is 3. The van der Waals surface area contributed by atoms with E-state index in [1.807, 2.05) is 23.6 Å². The number of methoxy groups -OCH3 is 1. The number of hydrogen-bond donors (Lipinski definition) is 0. The molecule has 5 heteroatoms. The minimum atomic E-state index is -0.0437. The van der Waals surface area contributed by atoms with Crippen LogP contribution in [0.5, 0.6) is 5.75 Å². The van der Waals surface area contributed by atoms with Gasteiger partial charge in [-0.1, -0.05) is 22.0 Å². The molecule has 0 unspecified atom stereocenters. The second-order valence-corrected chi connectivity index (χ2v) is 6.03. The maximum absolute atomic E-state index is 12.4. The Balaban J connectivity index is 2.19. The summed E-state index contributed by atoms with van der Waals surface area (Å²) in [7, 11) is 3.36. The summed E-state index contributed by atoms with van der Waals surface area (Å²) >= 11 is 5.01. The molecule has 1 heterocycles. The maximum atomic E-state index is 12.4. The van der Waals surface area contributed by atoms with Crippen LogP contribution in [0.25, 0.3) is 0 Å². The molecule has 1 aromatic heterocycles. The summed E-state index contributed by atoms with van der Waals surface area (Å²) in [5, 5.41) is 2.01. The highest BCUT2D eigenvalue weighted by atomic mass is 79.9. The molecule has 0 aliphatic heterocycles. The van der Waals surface area contributed by atoms with E-state index >= 15 is 0 Å². The van der Waals surface area contributed by atoms with Crippen molar-refractivity contribution in [2.24, 2.45) is 0 Å². The molecule has 3 nitrogen and oxygen atoms in total. The van der Waals surface area contributed by atoms with Gasteiger partial charge in [0.05, 0.1) is 19.2 Å². The molecule has 0 bridgehead atoms. The Bertz CT molecular complexity index is 569. The highest BCUT2D eigenvalue weighted by molar-refractivity contribution is 9.10. The Morgan fingerprint density at radius 3 is 2.84 bits per heavy atom. The Kier molecular flexibility index (Phi) is 4.61. The summed E-state index contributed by atoms with van der Waals surface area (Å²) < 4.78 is 6.15. The molecule has 0 radical (unpaired) electrons. The standard InChI is InChI=1S/C14H14BrNO2S/c1-16(9-11-4-3-7-19-11)14(17)12-6-5-10(15)8-13(12)18-2/h3-8H,9H2,1-2H3. The fourth-order valence-corrected chi connectivity index (χ4v) is 2.85. The van der Waals surface area contributed by atoms with Crippen molar-refractivity contribution in [3.05, 3.63) is 50.6 Å². The van der Waals surface area contributed by atoms with Crippen LogP contribution < -0.4 is 4.74 Å². The minimum absolute atomic E-state index is 0.0437. The van der Waals surface area contributed by atoms with E-state index in [2.05, 4.69) is 15.9 Å². The summed E-state index contributed by atoms with van der Waals surface area (Å²) in [5.41, 5.74) is 0.574. The molecule has 0 aliphatic rings. The number of ether oxygens (including phenoxy) is 1. The summed E-state index contributed by atoms with van der Waals surface area (Å²) in [6, 6.07) is 9.42. The third-order valence-electron chi connectivity index (χ3n) is 2.71. The first-order valence-corrected chi connectivity index (χ1v) is 7.40. The third-order valence-corrected chi connectivity index (χ3v) is 4.07. The Morgan fingerprint density at radius 1 is 1.42 bits per heavy atom. The second kappa shape index (κ2) is 6.21. The quantitative estimate of drug-likeness (QED) is 0.847. The monoisotopic (exact) mass is 339 g/mol. The number of carbonyl (C=O) groups excluding carboxylic acids is 1. The van der Waals surface area contributed by atoms with E-state index in [9.17, 15) is 4.79 Å². The van der Waals surface area contributed by atoms with Crippen molar-refractivity contribution >= 4 is 33.2 Å². The lowest BCUT2D eigenvalue weighted by Crippen LogP contribution is -2.26. The van der Waals surface area contributed by atoms with Crippen molar-refractivity contribution in [2.75, 3.05) is 14.2 Å². The van der Waals surface area contributed by atoms with Crippen molar-refractivity contribution in [2.45, 2.75) is 6.54 Å². The lowest BCUT2D eigenvalue weighted by Gasteiger charge is -2.18. The van der Waals surface area contributed by atoms with Gasteiger partial charge in [-0.25, -0.2) is 0 Å². The summed E-state index contributed by atoms with van der Waals surface area (Å²) in [5.74, 6) is 0.537. The Morgan fingerprint density at radius 2 is 2.21 bits per heavy atom. The molecule has 0 saturated carbocycles. The molecule has 0 saturated heterocycles. The van der Waals surface area contributed by atoms with Gasteiger partial charge in [-0.2, -0.15) is 0 Å². The van der Waals surface area contributed by atoms with Crippen LogP contribution in [0.2, 0.25) is 0 Å². The van der Waals surface area contributed by atoms with E-state index in [0.717, 1.165) is 9.35 Å². The lowest BCUT2D eigenvalue weighted by atomic mass is 10.1. The van der Waals surface area contributed by atoms with Crippen molar-refractivity contribution in [3.8, 4) is 5.75 Å². The predicted molar refractivity (Wildman–Crippen MR) is 80.8 cm³/mol. The molecule has 0 fully saturated rings. The van der Waals surface area contributed by atoms with Crippen molar-refractivity contribution in [1.82, 2.24) is 4.90 Å². The van der Waals surface area contributed by atoms with E-state index in [-0.39, 0.29) is 5.91 Å². The number of benzene rings is 1. The first-order chi connectivity index (χ1) is 9.11. The molecular formula is C14H14BrNO2S. The van der Waals surface area contributed by atoms with Crippen LogP contribution in [0.1, 0.15) is 15.2 Å². The lowest BCUT2D eigenvalue weighted by molar-refractivity contribution is 0.0783. The smallest absolute Gasteiger partial charge is 0.257 e. The van der Waals surface area contributed by atoms with E-state index in [1.165, 1.54) is 0 Å². The highest BCUT2D eigenvalue weighted by Crippen LogP contribution is 2.25. The molecule has 0 atom stereocenters. The van der Waals surface area contributed by atoms with Crippen LogP contribution in [0.15, 0.2) is 40.2 Å². The van der Waals surface area contributed by atoms with Gasteiger partial charge in [0.25, 0.3) is 5.91 Å². The zero-order valence-corrected chi connectivity index (χ0v) is 13.1. The number of nitrogens with zero attached hydrogens (tertiary/aromatic N) is 1. The number of thiophene rings is 1. The fraction of sp³-hybridized carbons (Fsp3) is 0.214. The van der Waals surface area contributed by atoms with Gasteiger partial charge in [-0.05, 0) is 29.6 Å². The van der Waals surface area contributed by atoms with Crippen molar-refractivity contribution in [1.29, 1.82) is 0 Å². The fourth-order valence-electron chi connectivity index (χ4n) is 1.76. The van der Waals surface area contributed by atoms with E-state index < -0.39 is 0 Å². The van der Waals surface area contributed by atoms with Crippen LogP contribution >= 0.6 is 27.3 Å². The van der Waals surface area contributed by atoms with Crippen LogP contribution in [0.3, 0.4) is 0 Å². The van der Waals surface area contributed by atoms with Gasteiger partial charge in [-0.3, -0.25) is 4.79 Å². The van der Waals surface area contributed by atoms with Crippen LogP contribution in [0.4, 0.5) is 0 Å². The number of rotatable bonds is 4. The minimum Gasteiger partial charge on any atom is -0.496 e. The van der Waals surface area contributed by atoms with Gasteiger partial charge in [0.2, 0.25) is 0 Å². The second-order valence-electron chi connectivity index (χ2n) is 4.09. The molecule has 1 aromatic carbocycles. The van der Waals surface area contributed by atoms with Gasteiger partial charge >= 0.3 is 0 Å². The van der Waals surface area contributed by atoms with Crippen LogP contribution in [-0.2, 0) is 6.54 Å². The first-order valence-electron chi connectivity index (χ1n) is 5.73. The Hall–Kier alpha value is -1.33. The summed E-state index contributed by atoms with van der Waals surface area (Å²) in [6.45, 7) is 0.607. The highest BCUT2D eigenvalue weighted by Gasteiger charge is 2.17.